The Morgan fingerprint density at radius 3 is 2.07 bits per heavy atom. The number of benzene rings is 1. The monoisotopic (exact) mass is 365 g/mol. The number of hydrogen-bond donors (Lipinski definition) is 0. The van der Waals surface area contributed by atoms with Gasteiger partial charge in [-0.3, -0.25) is 0 Å². The lowest BCUT2D eigenvalue weighted by Gasteiger charge is -2.29. The topological polar surface area (TPSA) is 23.8 Å². The molecule has 0 bridgehead atoms. The average molecular weight is 366 g/mol. The minimum Gasteiger partial charge on any atom is -0.207 e. The Kier molecular flexibility index (Phi) is 7.69. The van der Waals surface area contributed by atoms with Crippen molar-refractivity contribution in [1.82, 2.24) is 0 Å². The number of rotatable bonds is 6. The maximum absolute atomic E-state index is 13.1. The molecule has 0 aromatic heterocycles. The molecule has 2 saturated carbocycles. The van der Waals surface area contributed by atoms with E-state index in [1.807, 2.05) is 18.2 Å². The molecule has 2 aliphatic rings. The summed E-state index contributed by atoms with van der Waals surface area (Å²) in [5.74, 6) is 2.83. The van der Waals surface area contributed by atoms with Gasteiger partial charge in [0.2, 0.25) is 0 Å². The fraction of sp³-hybridized carbons (Fsp3) is 0.560. The summed E-state index contributed by atoms with van der Waals surface area (Å²) in [5.41, 5.74) is 1.31. The van der Waals surface area contributed by atoms with Gasteiger partial charge in [-0.1, -0.05) is 30.4 Å². The molecule has 1 aromatic rings. The lowest BCUT2D eigenvalue weighted by atomic mass is 9.77. The van der Waals surface area contributed by atoms with Crippen LogP contribution in [0.5, 0.6) is 0 Å². The van der Waals surface area contributed by atoms with Crippen molar-refractivity contribution in [2.45, 2.75) is 70.1 Å². The van der Waals surface area contributed by atoms with Crippen LogP contribution < -0.4 is 0 Å². The molecule has 0 aliphatic heterocycles. The summed E-state index contributed by atoms with van der Waals surface area (Å²) in [4.78, 5) is 0. The molecule has 0 radical (unpaired) electrons. The van der Waals surface area contributed by atoms with Crippen molar-refractivity contribution in [2.75, 3.05) is 0 Å². The number of nitrogens with zero attached hydrogens (tertiary/aromatic N) is 1. The maximum atomic E-state index is 13.1. The highest BCUT2D eigenvalue weighted by Crippen LogP contribution is 2.37. The first-order valence-corrected chi connectivity index (χ1v) is 10.7. The summed E-state index contributed by atoms with van der Waals surface area (Å²) in [5, 5.41) is 8.53. The molecule has 0 saturated heterocycles. The van der Waals surface area contributed by atoms with Gasteiger partial charge in [-0.25, -0.2) is 4.39 Å². The highest BCUT2D eigenvalue weighted by Gasteiger charge is 2.22. The van der Waals surface area contributed by atoms with Crippen molar-refractivity contribution in [3.8, 4) is 6.07 Å². The van der Waals surface area contributed by atoms with Crippen LogP contribution in [0.4, 0.5) is 4.39 Å². The van der Waals surface area contributed by atoms with Crippen molar-refractivity contribution in [2.24, 2.45) is 17.8 Å². The van der Waals surface area contributed by atoms with Gasteiger partial charge in [-0.2, -0.15) is 5.26 Å². The molecule has 1 aromatic carbocycles. The zero-order valence-corrected chi connectivity index (χ0v) is 16.3. The van der Waals surface area contributed by atoms with Gasteiger partial charge in [-0.15, -0.1) is 0 Å². The second-order valence-electron chi connectivity index (χ2n) is 8.44. The molecule has 0 heterocycles. The van der Waals surface area contributed by atoms with Crippen LogP contribution in [0.2, 0.25) is 0 Å². The molecule has 2 aliphatic carbocycles. The molecule has 2 heteroatoms. The molecule has 0 amide bonds. The van der Waals surface area contributed by atoms with Crippen LogP contribution in [0, 0.1) is 34.9 Å². The Balaban J connectivity index is 1.36. The normalized spacial score (nSPS) is 29.2. The van der Waals surface area contributed by atoms with Gasteiger partial charge in [0.05, 0.1) is 6.07 Å². The fourth-order valence-corrected chi connectivity index (χ4v) is 4.83. The quantitative estimate of drug-likeness (QED) is 0.382. The highest BCUT2D eigenvalue weighted by atomic mass is 19.1. The summed E-state index contributed by atoms with van der Waals surface area (Å²) < 4.78 is 13.1. The highest BCUT2D eigenvalue weighted by molar-refractivity contribution is 5.21. The first-order chi connectivity index (χ1) is 13.2. The van der Waals surface area contributed by atoms with Crippen molar-refractivity contribution >= 4 is 0 Å². The molecule has 2 fully saturated rings. The van der Waals surface area contributed by atoms with E-state index in [9.17, 15) is 4.39 Å². The molecule has 1 nitrogen and oxygen atoms in total. The summed E-state index contributed by atoms with van der Waals surface area (Å²) in [7, 11) is 0. The predicted octanol–water partition coefficient (Wildman–Crippen LogP) is 7.32. The summed E-state index contributed by atoms with van der Waals surface area (Å²) in [6, 6.07) is 9.19. The van der Waals surface area contributed by atoms with E-state index in [1.54, 1.807) is 18.2 Å². The van der Waals surface area contributed by atoms with Crippen LogP contribution in [0.3, 0.4) is 0 Å². The van der Waals surface area contributed by atoms with Gasteiger partial charge in [-0.05, 0) is 106 Å². The van der Waals surface area contributed by atoms with Crippen molar-refractivity contribution in [3.05, 3.63) is 60.0 Å². The lowest BCUT2D eigenvalue weighted by molar-refractivity contribution is 0.295. The third kappa shape index (κ3) is 6.35. The molecule has 0 atom stereocenters. The summed E-state index contributed by atoms with van der Waals surface area (Å²) in [6.07, 6.45) is 21.2. The molecular weight excluding hydrogens is 333 g/mol. The fourth-order valence-electron chi connectivity index (χ4n) is 4.83. The zero-order chi connectivity index (χ0) is 18.9. The Bertz CT molecular complexity index is 651. The summed E-state index contributed by atoms with van der Waals surface area (Å²) >= 11 is 0. The van der Waals surface area contributed by atoms with E-state index in [-0.39, 0.29) is 5.82 Å². The maximum Gasteiger partial charge on any atom is 0.123 e. The minimum atomic E-state index is -0.135. The summed E-state index contributed by atoms with van der Waals surface area (Å²) in [6.45, 7) is 0. The molecule has 3 rings (SSSR count). The molecule has 144 valence electrons. The Morgan fingerprint density at radius 2 is 1.48 bits per heavy atom. The molecule has 0 spiro atoms. The van der Waals surface area contributed by atoms with Crippen molar-refractivity contribution < 1.29 is 4.39 Å². The van der Waals surface area contributed by atoms with Gasteiger partial charge in [0.1, 0.15) is 5.82 Å². The third-order valence-electron chi connectivity index (χ3n) is 6.59. The second-order valence-corrected chi connectivity index (χ2v) is 8.44. The van der Waals surface area contributed by atoms with E-state index in [2.05, 4.69) is 18.2 Å². The minimum absolute atomic E-state index is 0.135. The Hall–Kier alpha value is -1.88. The van der Waals surface area contributed by atoms with Crippen LogP contribution in [0.25, 0.3) is 0 Å². The van der Waals surface area contributed by atoms with E-state index in [0.29, 0.717) is 5.92 Å². The largest absolute Gasteiger partial charge is 0.207 e. The first kappa shape index (κ1) is 19.9. The van der Waals surface area contributed by atoms with E-state index < -0.39 is 0 Å². The van der Waals surface area contributed by atoms with E-state index in [4.69, 9.17) is 5.26 Å². The molecule has 0 N–H and O–H groups in total. The number of halogens is 1. The second kappa shape index (κ2) is 10.5. The van der Waals surface area contributed by atoms with Crippen LogP contribution in [0.1, 0.15) is 75.7 Å². The Morgan fingerprint density at radius 1 is 0.889 bits per heavy atom. The molecule has 27 heavy (non-hydrogen) atoms. The standard InChI is InChI=1S/C25H32FN/c26-25-17-15-24(16-18-25)23-13-11-22(12-14-23)10-9-21-7-5-20(6-8-21)4-2-1-3-19-27/h1,3,9-10,15-18,20-23H,2,4-8,11-14H2. The zero-order valence-electron chi connectivity index (χ0n) is 16.3. The number of hydrogen-bond acceptors (Lipinski definition) is 1. The van der Waals surface area contributed by atoms with E-state index >= 15 is 0 Å². The van der Waals surface area contributed by atoms with Crippen LogP contribution in [-0.2, 0) is 0 Å². The lowest BCUT2D eigenvalue weighted by Crippen LogP contribution is -2.14. The van der Waals surface area contributed by atoms with E-state index in [0.717, 1.165) is 24.2 Å². The van der Waals surface area contributed by atoms with Crippen molar-refractivity contribution in [1.29, 1.82) is 5.26 Å². The molecule has 0 unspecified atom stereocenters. The van der Waals surface area contributed by atoms with Crippen molar-refractivity contribution in [3.63, 3.8) is 0 Å². The van der Waals surface area contributed by atoms with Gasteiger partial charge >= 0.3 is 0 Å². The van der Waals surface area contributed by atoms with Crippen LogP contribution in [-0.4, -0.2) is 0 Å². The smallest absolute Gasteiger partial charge is 0.123 e. The number of nitriles is 1. The SMILES string of the molecule is N#CC=CCCC1CCC(C=CC2CCC(c3ccc(F)cc3)CC2)CC1. The Labute approximate surface area is 164 Å². The van der Waals surface area contributed by atoms with E-state index in [1.165, 1.54) is 63.4 Å². The van der Waals surface area contributed by atoms with Gasteiger partial charge in [0.15, 0.2) is 0 Å². The first-order valence-electron chi connectivity index (χ1n) is 10.7. The third-order valence-corrected chi connectivity index (χ3v) is 6.59. The average Bonchev–Trinajstić information content (AvgIpc) is 2.72. The predicted molar refractivity (Wildman–Crippen MR) is 110 cm³/mol. The van der Waals surface area contributed by atoms with Crippen LogP contribution in [0.15, 0.2) is 48.6 Å². The van der Waals surface area contributed by atoms with Gasteiger partial charge in [0.25, 0.3) is 0 Å². The number of allylic oxidation sites excluding steroid dienone is 4. The van der Waals surface area contributed by atoms with Gasteiger partial charge < -0.3 is 0 Å². The van der Waals surface area contributed by atoms with Gasteiger partial charge in [0, 0.05) is 6.08 Å². The van der Waals surface area contributed by atoms with Crippen LogP contribution >= 0.6 is 0 Å². The molecular formula is C25H32FN.